The second kappa shape index (κ2) is 7.50. The van der Waals surface area contributed by atoms with Crippen LogP contribution in [-0.2, 0) is 4.79 Å². The van der Waals surface area contributed by atoms with Crippen molar-refractivity contribution in [1.29, 1.82) is 0 Å². The van der Waals surface area contributed by atoms with Crippen LogP contribution in [0.2, 0.25) is 0 Å². The van der Waals surface area contributed by atoms with Crippen LogP contribution in [0, 0.1) is 0 Å². The molecular formula is C22H15F3O2. The number of carbonyl (C=O) groups is 1. The molecule has 0 bridgehead atoms. The molecule has 1 N–H and O–H groups in total. The molecule has 2 nitrogen and oxygen atoms in total. The van der Waals surface area contributed by atoms with Crippen molar-refractivity contribution < 1.29 is 23.1 Å². The molecule has 136 valence electrons. The Morgan fingerprint density at radius 1 is 0.630 bits per heavy atom. The van der Waals surface area contributed by atoms with Crippen LogP contribution >= 0.6 is 0 Å². The number of halogens is 3. The molecule has 0 unspecified atom stereocenters. The Labute approximate surface area is 153 Å². The van der Waals surface area contributed by atoms with E-state index in [0.717, 1.165) is 0 Å². The van der Waals surface area contributed by atoms with Crippen molar-refractivity contribution in [2.75, 3.05) is 0 Å². The summed E-state index contributed by atoms with van der Waals surface area (Å²) in [4.78, 5) is 8.90. The van der Waals surface area contributed by atoms with Gasteiger partial charge in [-0.15, -0.1) is 0 Å². The van der Waals surface area contributed by atoms with Crippen LogP contribution in [0.15, 0.2) is 84.9 Å². The summed E-state index contributed by atoms with van der Waals surface area (Å²) in [5, 5.41) is 12.3. The summed E-state index contributed by atoms with van der Waals surface area (Å²) in [6.07, 6.45) is -5.08. The van der Waals surface area contributed by atoms with Gasteiger partial charge in [-0.05, 0) is 32.7 Å². The van der Waals surface area contributed by atoms with Gasteiger partial charge >= 0.3 is 12.1 Å². The van der Waals surface area contributed by atoms with E-state index in [4.69, 9.17) is 9.90 Å². The highest BCUT2D eigenvalue weighted by Crippen LogP contribution is 2.33. The third-order valence-electron chi connectivity index (χ3n) is 4.11. The molecular weight excluding hydrogens is 353 g/mol. The molecule has 0 saturated heterocycles. The summed E-state index contributed by atoms with van der Waals surface area (Å²) in [5.74, 6) is -2.76. The first-order valence-corrected chi connectivity index (χ1v) is 8.14. The molecule has 0 aliphatic carbocycles. The Morgan fingerprint density at radius 3 is 1.33 bits per heavy atom. The predicted octanol–water partition coefficient (Wildman–Crippen LogP) is 6.29. The lowest BCUT2D eigenvalue weighted by atomic mass is 9.94. The van der Waals surface area contributed by atoms with Crippen molar-refractivity contribution in [3.05, 3.63) is 84.9 Å². The minimum absolute atomic E-state index is 1.29. The maximum atomic E-state index is 10.6. The number of hydrogen-bond acceptors (Lipinski definition) is 1. The van der Waals surface area contributed by atoms with Gasteiger partial charge in [0.25, 0.3) is 0 Å². The van der Waals surface area contributed by atoms with Gasteiger partial charge in [0.1, 0.15) is 0 Å². The number of alkyl halides is 3. The van der Waals surface area contributed by atoms with Gasteiger partial charge in [0.05, 0.1) is 0 Å². The van der Waals surface area contributed by atoms with E-state index in [2.05, 4.69) is 84.9 Å². The first-order chi connectivity index (χ1) is 12.9. The molecule has 0 aliphatic heterocycles. The van der Waals surface area contributed by atoms with E-state index in [1.807, 2.05) is 0 Å². The Bertz CT molecular complexity index is 1010. The molecule has 0 fully saturated rings. The van der Waals surface area contributed by atoms with Gasteiger partial charge in [0.2, 0.25) is 0 Å². The largest absolute Gasteiger partial charge is 0.490 e. The van der Waals surface area contributed by atoms with Crippen LogP contribution in [0.1, 0.15) is 0 Å². The minimum Gasteiger partial charge on any atom is -0.475 e. The number of carboxylic acid groups (broad SMARTS) is 1. The molecule has 27 heavy (non-hydrogen) atoms. The molecule has 0 saturated carbocycles. The van der Waals surface area contributed by atoms with Crippen molar-refractivity contribution in [1.82, 2.24) is 0 Å². The lowest BCUT2D eigenvalue weighted by Crippen LogP contribution is -2.21. The zero-order chi connectivity index (χ0) is 19.4. The molecule has 0 spiro atoms. The third kappa shape index (κ3) is 4.08. The number of fused-ring (bicyclic) bond motifs is 2. The molecule has 0 aromatic heterocycles. The Kier molecular flexibility index (Phi) is 5.12. The van der Waals surface area contributed by atoms with E-state index in [0.29, 0.717) is 0 Å². The smallest absolute Gasteiger partial charge is 0.475 e. The van der Waals surface area contributed by atoms with Crippen molar-refractivity contribution in [3.63, 3.8) is 0 Å². The standard InChI is InChI=1S/C20H14.C2HF3O2/c1-3-11-17-15(7-1)9-5-13-19(17)20-14-6-10-16-8-2-4-12-18(16)20;3-2(4,5)1(6)7/h1-14H;(H,6,7). The molecule has 5 heteroatoms. The number of rotatable bonds is 1. The normalized spacial score (nSPS) is 11.1. The van der Waals surface area contributed by atoms with Gasteiger partial charge in [-0.1, -0.05) is 84.9 Å². The van der Waals surface area contributed by atoms with Gasteiger partial charge in [-0.25, -0.2) is 4.79 Å². The van der Waals surface area contributed by atoms with Gasteiger partial charge in [-0.3, -0.25) is 0 Å². The summed E-state index contributed by atoms with van der Waals surface area (Å²) in [7, 11) is 0. The van der Waals surface area contributed by atoms with E-state index >= 15 is 0 Å². The van der Waals surface area contributed by atoms with Crippen molar-refractivity contribution in [3.8, 4) is 11.1 Å². The van der Waals surface area contributed by atoms with E-state index in [1.165, 1.54) is 32.7 Å². The quantitative estimate of drug-likeness (QED) is 0.428. The second-order valence-corrected chi connectivity index (χ2v) is 5.86. The van der Waals surface area contributed by atoms with Crippen LogP contribution < -0.4 is 0 Å². The van der Waals surface area contributed by atoms with Gasteiger partial charge in [0, 0.05) is 0 Å². The molecule has 0 atom stereocenters. The molecule has 0 radical (unpaired) electrons. The van der Waals surface area contributed by atoms with Crippen LogP contribution in [0.5, 0.6) is 0 Å². The molecule has 0 amide bonds. The van der Waals surface area contributed by atoms with Crippen LogP contribution in [0.4, 0.5) is 13.2 Å². The second-order valence-electron chi connectivity index (χ2n) is 5.86. The zero-order valence-corrected chi connectivity index (χ0v) is 14.1. The lowest BCUT2D eigenvalue weighted by Gasteiger charge is -2.10. The molecule has 4 rings (SSSR count). The maximum absolute atomic E-state index is 10.6. The van der Waals surface area contributed by atoms with Crippen molar-refractivity contribution in [2.45, 2.75) is 6.18 Å². The number of aliphatic carboxylic acids is 1. The molecule has 4 aromatic rings. The Hall–Kier alpha value is -3.34. The fraction of sp³-hybridized carbons (Fsp3) is 0.0455. The SMILES string of the molecule is O=C(O)C(F)(F)F.c1ccc2c(-c3cccc4ccccc34)cccc2c1. The molecule has 0 heterocycles. The third-order valence-corrected chi connectivity index (χ3v) is 4.11. The average molecular weight is 368 g/mol. The Balaban J connectivity index is 0.000000260. The summed E-state index contributed by atoms with van der Waals surface area (Å²) >= 11 is 0. The predicted molar refractivity (Wildman–Crippen MR) is 101 cm³/mol. The minimum atomic E-state index is -5.08. The van der Waals surface area contributed by atoms with E-state index in [1.54, 1.807) is 0 Å². The maximum Gasteiger partial charge on any atom is 0.490 e. The average Bonchev–Trinajstić information content (AvgIpc) is 2.67. The fourth-order valence-electron chi connectivity index (χ4n) is 2.92. The van der Waals surface area contributed by atoms with Gasteiger partial charge in [-0.2, -0.15) is 13.2 Å². The summed E-state index contributed by atoms with van der Waals surface area (Å²) < 4.78 is 31.7. The van der Waals surface area contributed by atoms with E-state index in [9.17, 15) is 13.2 Å². The first kappa shape index (κ1) is 18.5. The van der Waals surface area contributed by atoms with Crippen LogP contribution in [-0.4, -0.2) is 17.3 Å². The number of carboxylic acids is 1. The van der Waals surface area contributed by atoms with Crippen LogP contribution in [0.3, 0.4) is 0 Å². The number of benzene rings is 4. The summed E-state index contributed by atoms with van der Waals surface area (Å²) in [6.45, 7) is 0. The topological polar surface area (TPSA) is 37.3 Å². The monoisotopic (exact) mass is 368 g/mol. The highest BCUT2D eigenvalue weighted by molar-refractivity contribution is 6.05. The van der Waals surface area contributed by atoms with Gasteiger partial charge < -0.3 is 5.11 Å². The van der Waals surface area contributed by atoms with Crippen LogP contribution in [0.25, 0.3) is 32.7 Å². The van der Waals surface area contributed by atoms with Gasteiger partial charge in [0.15, 0.2) is 0 Å². The zero-order valence-electron chi connectivity index (χ0n) is 14.1. The number of hydrogen-bond donors (Lipinski definition) is 1. The summed E-state index contributed by atoms with van der Waals surface area (Å²) in [6, 6.07) is 30.2. The molecule has 4 aromatic carbocycles. The fourth-order valence-corrected chi connectivity index (χ4v) is 2.92. The summed E-state index contributed by atoms with van der Waals surface area (Å²) in [5.41, 5.74) is 2.61. The molecule has 0 aliphatic rings. The van der Waals surface area contributed by atoms with E-state index in [-0.39, 0.29) is 0 Å². The highest BCUT2D eigenvalue weighted by Gasteiger charge is 2.38. The first-order valence-electron chi connectivity index (χ1n) is 8.14. The van der Waals surface area contributed by atoms with E-state index < -0.39 is 12.1 Å². The Morgan fingerprint density at radius 2 is 0.963 bits per heavy atom. The lowest BCUT2D eigenvalue weighted by molar-refractivity contribution is -0.192. The van der Waals surface area contributed by atoms with Crippen molar-refractivity contribution >= 4 is 27.5 Å². The highest BCUT2D eigenvalue weighted by atomic mass is 19.4. The van der Waals surface area contributed by atoms with Crippen molar-refractivity contribution in [2.24, 2.45) is 0 Å².